The molecule has 1 fully saturated rings. The zero-order valence-corrected chi connectivity index (χ0v) is 9.74. The normalized spacial score (nSPS) is 26.8. The van der Waals surface area contributed by atoms with Crippen LogP contribution >= 0.6 is 0 Å². The van der Waals surface area contributed by atoms with Crippen molar-refractivity contribution < 1.29 is 0 Å². The zero-order valence-electron chi connectivity index (χ0n) is 9.74. The van der Waals surface area contributed by atoms with Gasteiger partial charge >= 0.3 is 0 Å². The topological polar surface area (TPSA) is 29.9 Å². The van der Waals surface area contributed by atoms with Crippen molar-refractivity contribution in [2.24, 2.45) is 0 Å². The largest absolute Gasteiger partial charge is 0.330 e. The minimum Gasteiger partial charge on any atom is -0.330 e. The molecule has 0 amide bonds. The Labute approximate surface area is 91.9 Å². The first-order valence-electron chi connectivity index (χ1n) is 6.05. The van der Waals surface area contributed by atoms with Crippen LogP contribution in [-0.2, 0) is 6.42 Å². The first-order valence-corrected chi connectivity index (χ1v) is 6.05. The van der Waals surface area contributed by atoms with E-state index in [1.165, 1.54) is 31.5 Å². The SMILES string of the molecule is CCc1nccn1C1CCCCC1NC. The minimum atomic E-state index is 0.612. The summed E-state index contributed by atoms with van der Waals surface area (Å²) < 4.78 is 2.38. The van der Waals surface area contributed by atoms with Gasteiger partial charge in [0.25, 0.3) is 0 Å². The second kappa shape index (κ2) is 4.79. The number of hydrogen-bond donors (Lipinski definition) is 1. The zero-order chi connectivity index (χ0) is 10.7. The summed E-state index contributed by atoms with van der Waals surface area (Å²) in [5.74, 6) is 1.22. The van der Waals surface area contributed by atoms with Crippen molar-refractivity contribution in [2.45, 2.75) is 51.1 Å². The molecule has 1 aromatic rings. The van der Waals surface area contributed by atoms with E-state index in [0.29, 0.717) is 12.1 Å². The molecule has 3 heteroatoms. The Morgan fingerprint density at radius 3 is 3.00 bits per heavy atom. The molecule has 1 N–H and O–H groups in total. The molecule has 2 atom stereocenters. The van der Waals surface area contributed by atoms with Crippen LogP contribution in [0.3, 0.4) is 0 Å². The standard InChI is InChI=1S/C12H21N3/c1-3-12-14-8-9-15(12)11-7-5-4-6-10(11)13-2/h8-11,13H,3-7H2,1-2H3. The van der Waals surface area contributed by atoms with E-state index < -0.39 is 0 Å². The van der Waals surface area contributed by atoms with Gasteiger partial charge in [0.15, 0.2) is 0 Å². The first kappa shape index (κ1) is 10.7. The van der Waals surface area contributed by atoms with Crippen LogP contribution in [0, 0.1) is 0 Å². The molecule has 0 spiro atoms. The fourth-order valence-electron chi connectivity index (χ4n) is 2.70. The van der Waals surface area contributed by atoms with Crippen molar-refractivity contribution in [3.05, 3.63) is 18.2 Å². The number of imidazole rings is 1. The summed E-state index contributed by atoms with van der Waals surface area (Å²) >= 11 is 0. The molecular formula is C12H21N3. The van der Waals surface area contributed by atoms with Gasteiger partial charge in [-0.2, -0.15) is 0 Å². The molecule has 0 aromatic carbocycles. The summed E-state index contributed by atoms with van der Waals surface area (Å²) in [7, 11) is 2.07. The first-order chi connectivity index (χ1) is 7.36. The lowest BCUT2D eigenvalue weighted by atomic mass is 9.90. The van der Waals surface area contributed by atoms with Gasteiger partial charge in [-0.15, -0.1) is 0 Å². The summed E-state index contributed by atoms with van der Waals surface area (Å²) in [5.41, 5.74) is 0. The predicted molar refractivity (Wildman–Crippen MR) is 62.0 cm³/mol. The highest BCUT2D eigenvalue weighted by Crippen LogP contribution is 2.29. The van der Waals surface area contributed by atoms with Crippen molar-refractivity contribution in [2.75, 3.05) is 7.05 Å². The Balaban J connectivity index is 2.20. The lowest BCUT2D eigenvalue weighted by Crippen LogP contribution is -2.38. The summed E-state index contributed by atoms with van der Waals surface area (Å²) in [6.07, 6.45) is 10.4. The van der Waals surface area contributed by atoms with Crippen LogP contribution in [0.2, 0.25) is 0 Å². The van der Waals surface area contributed by atoms with Crippen molar-refractivity contribution in [1.82, 2.24) is 14.9 Å². The van der Waals surface area contributed by atoms with E-state index in [9.17, 15) is 0 Å². The Bertz CT molecular complexity index is 306. The third-order valence-electron chi connectivity index (χ3n) is 3.52. The lowest BCUT2D eigenvalue weighted by Gasteiger charge is -2.33. The average molecular weight is 207 g/mol. The van der Waals surface area contributed by atoms with E-state index in [0.717, 1.165) is 6.42 Å². The predicted octanol–water partition coefficient (Wildman–Crippen LogP) is 2.15. The molecule has 0 bridgehead atoms. The summed E-state index contributed by atoms with van der Waals surface area (Å²) in [6.45, 7) is 2.18. The van der Waals surface area contributed by atoms with Crippen LogP contribution in [0.25, 0.3) is 0 Å². The molecule has 2 unspecified atom stereocenters. The minimum absolute atomic E-state index is 0.612. The molecule has 1 saturated carbocycles. The molecule has 84 valence electrons. The van der Waals surface area contributed by atoms with Crippen LogP contribution in [0.5, 0.6) is 0 Å². The second-order valence-electron chi connectivity index (χ2n) is 4.35. The molecule has 0 saturated heterocycles. The van der Waals surface area contributed by atoms with E-state index in [1.807, 2.05) is 6.20 Å². The maximum absolute atomic E-state index is 4.41. The van der Waals surface area contributed by atoms with E-state index >= 15 is 0 Å². The van der Waals surface area contributed by atoms with E-state index in [-0.39, 0.29) is 0 Å². The van der Waals surface area contributed by atoms with Gasteiger partial charge in [0.1, 0.15) is 5.82 Å². The van der Waals surface area contributed by atoms with Gasteiger partial charge in [-0.05, 0) is 19.9 Å². The Kier molecular flexibility index (Phi) is 3.41. The highest BCUT2D eigenvalue weighted by atomic mass is 15.1. The summed E-state index contributed by atoms with van der Waals surface area (Å²) in [4.78, 5) is 4.41. The number of nitrogens with zero attached hydrogens (tertiary/aromatic N) is 2. The number of likely N-dealkylation sites (N-methyl/N-ethyl adjacent to an activating group) is 1. The van der Waals surface area contributed by atoms with Crippen LogP contribution in [0.15, 0.2) is 12.4 Å². The Morgan fingerprint density at radius 2 is 2.27 bits per heavy atom. The van der Waals surface area contributed by atoms with Gasteiger partial charge in [0.2, 0.25) is 0 Å². The summed E-state index contributed by atoms with van der Waals surface area (Å²) in [6, 6.07) is 1.24. The molecule has 1 aliphatic carbocycles. The maximum atomic E-state index is 4.41. The van der Waals surface area contributed by atoms with Gasteiger partial charge < -0.3 is 9.88 Å². The fourth-order valence-corrected chi connectivity index (χ4v) is 2.70. The molecule has 3 nitrogen and oxygen atoms in total. The highest BCUT2D eigenvalue weighted by Gasteiger charge is 2.25. The highest BCUT2D eigenvalue weighted by molar-refractivity contribution is 4.98. The Morgan fingerprint density at radius 1 is 1.47 bits per heavy atom. The van der Waals surface area contributed by atoms with Gasteiger partial charge in [-0.1, -0.05) is 19.8 Å². The smallest absolute Gasteiger partial charge is 0.108 e. The lowest BCUT2D eigenvalue weighted by molar-refractivity contribution is 0.269. The molecule has 15 heavy (non-hydrogen) atoms. The number of aromatic nitrogens is 2. The quantitative estimate of drug-likeness (QED) is 0.823. The van der Waals surface area contributed by atoms with Gasteiger partial charge in [-0.25, -0.2) is 4.98 Å². The number of rotatable bonds is 3. The molecule has 0 aliphatic heterocycles. The van der Waals surface area contributed by atoms with Gasteiger partial charge in [0.05, 0.1) is 6.04 Å². The van der Waals surface area contributed by atoms with Gasteiger partial charge in [-0.3, -0.25) is 0 Å². The Hall–Kier alpha value is -0.830. The number of nitrogens with one attached hydrogen (secondary N) is 1. The number of aryl methyl sites for hydroxylation is 1. The summed E-state index contributed by atoms with van der Waals surface area (Å²) in [5, 5.41) is 3.44. The van der Waals surface area contributed by atoms with E-state index in [4.69, 9.17) is 0 Å². The van der Waals surface area contributed by atoms with Gasteiger partial charge in [0, 0.05) is 24.9 Å². The molecule has 2 rings (SSSR count). The van der Waals surface area contributed by atoms with Crippen molar-refractivity contribution in [1.29, 1.82) is 0 Å². The third kappa shape index (κ3) is 2.07. The molecule has 1 aliphatic rings. The second-order valence-corrected chi connectivity index (χ2v) is 4.35. The molecule has 1 aromatic heterocycles. The maximum Gasteiger partial charge on any atom is 0.108 e. The molecular weight excluding hydrogens is 186 g/mol. The van der Waals surface area contributed by atoms with E-state index in [1.54, 1.807) is 0 Å². The number of hydrogen-bond acceptors (Lipinski definition) is 2. The van der Waals surface area contributed by atoms with Crippen molar-refractivity contribution in [3.63, 3.8) is 0 Å². The van der Waals surface area contributed by atoms with Crippen LogP contribution in [0.4, 0.5) is 0 Å². The third-order valence-corrected chi connectivity index (χ3v) is 3.52. The fraction of sp³-hybridized carbons (Fsp3) is 0.750. The van der Waals surface area contributed by atoms with Crippen molar-refractivity contribution >= 4 is 0 Å². The molecule has 1 heterocycles. The average Bonchev–Trinajstić information content (AvgIpc) is 2.76. The monoisotopic (exact) mass is 207 g/mol. The molecule has 0 radical (unpaired) electrons. The van der Waals surface area contributed by atoms with Crippen LogP contribution < -0.4 is 5.32 Å². The van der Waals surface area contributed by atoms with Crippen LogP contribution in [0.1, 0.15) is 44.5 Å². The van der Waals surface area contributed by atoms with E-state index in [2.05, 4.69) is 35.0 Å². The van der Waals surface area contributed by atoms with Crippen molar-refractivity contribution in [3.8, 4) is 0 Å². The van der Waals surface area contributed by atoms with Crippen LogP contribution in [-0.4, -0.2) is 22.6 Å².